The number of hydrogen-bond acceptors (Lipinski definition) is 2. The molecular formula is C8H13FN2O. The van der Waals surface area contributed by atoms with Crippen molar-refractivity contribution in [3.05, 3.63) is 0 Å². The minimum absolute atomic E-state index is 0.351. The Kier molecular flexibility index (Phi) is 4.27. The Bertz CT molecular complexity index is 198. The SMILES string of the molecule is CC(C)C(F)C(=O)N[C@H](C)C#N. The number of nitriles is 1. The van der Waals surface area contributed by atoms with E-state index in [0.717, 1.165) is 0 Å². The van der Waals surface area contributed by atoms with Crippen LogP contribution in [-0.2, 0) is 4.79 Å². The van der Waals surface area contributed by atoms with Crippen LogP contribution in [-0.4, -0.2) is 18.1 Å². The first kappa shape index (κ1) is 10.9. The van der Waals surface area contributed by atoms with Gasteiger partial charge in [-0.25, -0.2) is 4.39 Å². The van der Waals surface area contributed by atoms with Crippen LogP contribution in [0.5, 0.6) is 0 Å². The third-order valence-corrected chi connectivity index (χ3v) is 1.39. The Hall–Kier alpha value is -1.11. The summed E-state index contributed by atoms with van der Waals surface area (Å²) in [5.74, 6) is -1.06. The Morgan fingerprint density at radius 2 is 2.00 bits per heavy atom. The first-order valence-corrected chi connectivity index (χ1v) is 3.83. The van der Waals surface area contributed by atoms with E-state index in [4.69, 9.17) is 5.26 Å². The second-order valence-corrected chi connectivity index (χ2v) is 3.01. The van der Waals surface area contributed by atoms with Gasteiger partial charge in [0.15, 0.2) is 6.17 Å². The molecule has 0 bridgehead atoms. The number of rotatable bonds is 3. The lowest BCUT2D eigenvalue weighted by molar-refractivity contribution is -0.127. The van der Waals surface area contributed by atoms with Crippen LogP contribution in [0.2, 0.25) is 0 Å². The molecular weight excluding hydrogens is 159 g/mol. The summed E-state index contributed by atoms with van der Waals surface area (Å²) in [6, 6.07) is 1.16. The van der Waals surface area contributed by atoms with Crippen molar-refractivity contribution in [2.45, 2.75) is 33.0 Å². The van der Waals surface area contributed by atoms with Gasteiger partial charge in [0, 0.05) is 0 Å². The molecule has 0 aliphatic carbocycles. The van der Waals surface area contributed by atoms with Crippen LogP contribution in [0, 0.1) is 17.2 Å². The normalized spacial score (nSPS) is 15.0. The Morgan fingerprint density at radius 3 is 2.33 bits per heavy atom. The number of alkyl halides is 1. The minimum Gasteiger partial charge on any atom is -0.338 e. The van der Waals surface area contributed by atoms with Crippen molar-refractivity contribution < 1.29 is 9.18 Å². The molecule has 0 radical (unpaired) electrons. The van der Waals surface area contributed by atoms with E-state index in [9.17, 15) is 9.18 Å². The molecule has 0 saturated carbocycles. The first-order chi connectivity index (χ1) is 5.49. The molecule has 0 fully saturated rings. The Morgan fingerprint density at radius 1 is 1.50 bits per heavy atom. The van der Waals surface area contributed by atoms with Gasteiger partial charge in [-0.15, -0.1) is 0 Å². The fourth-order valence-corrected chi connectivity index (χ4v) is 0.628. The largest absolute Gasteiger partial charge is 0.338 e. The molecule has 0 aromatic carbocycles. The van der Waals surface area contributed by atoms with E-state index in [1.54, 1.807) is 19.9 Å². The molecule has 12 heavy (non-hydrogen) atoms. The number of carbonyl (C=O) groups excluding carboxylic acids is 1. The van der Waals surface area contributed by atoms with Crippen LogP contribution in [0.1, 0.15) is 20.8 Å². The summed E-state index contributed by atoms with van der Waals surface area (Å²) in [6.45, 7) is 4.73. The van der Waals surface area contributed by atoms with Crippen LogP contribution in [0.25, 0.3) is 0 Å². The summed E-state index contributed by atoms with van der Waals surface area (Å²) >= 11 is 0. The predicted octanol–water partition coefficient (Wildman–Crippen LogP) is 1.01. The number of carbonyl (C=O) groups is 1. The van der Waals surface area contributed by atoms with Crippen molar-refractivity contribution in [3.8, 4) is 6.07 Å². The summed E-state index contributed by atoms with van der Waals surface area (Å²) in [5.41, 5.74) is 0. The fraction of sp³-hybridized carbons (Fsp3) is 0.750. The van der Waals surface area contributed by atoms with E-state index < -0.39 is 18.1 Å². The zero-order chi connectivity index (χ0) is 9.72. The summed E-state index contributed by atoms with van der Waals surface area (Å²) in [4.78, 5) is 10.9. The van der Waals surface area contributed by atoms with Gasteiger partial charge in [-0.2, -0.15) is 5.26 Å². The van der Waals surface area contributed by atoms with Gasteiger partial charge < -0.3 is 5.32 Å². The van der Waals surface area contributed by atoms with E-state index >= 15 is 0 Å². The van der Waals surface area contributed by atoms with Crippen molar-refractivity contribution in [2.24, 2.45) is 5.92 Å². The van der Waals surface area contributed by atoms with Crippen LogP contribution >= 0.6 is 0 Å². The fourth-order valence-electron chi connectivity index (χ4n) is 0.628. The van der Waals surface area contributed by atoms with Crippen molar-refractivity contribution in [1.29, 1.82) is 5.26 Å². The van der Waals surface area contributed by atoms with E-state index in [1.165, 1.54) is 6.92 Å². The van der Waals surface area contributed by atoms with Crippen molar-refractivity contribution >= 4 is 5.91 Å². The number of nitrogens with zero attached hydrogens (tertiary/aromatic N) is 1. The molecule has 1 N–H and O–H groups in total. The molecule has 0 saturated heterocycles. The number of halogens is 1. The Balaban J connectivity index is 3.98. The van der Waals surface area contributed by atoms with E-state index in [0.29, 0.717) is 0 Å². The van der Waals surface area contributed by atoms with Gasteiger partial charge in [-0.1, -0.05) is 13.8 Å². The van der Waals surface area contributed by atoms with Crippen LogP contribution in [0.4, 0.5) is 4.39 Å². The standard InChI is InChI=1S/C8H13FN2O/c1-5(2)7(9)8(12)11-6(3)4-10/h5-7H,1-3H3,(H,11,12)/t6-,7?/m1/s1. The predicted molar refractivity (Wildman–Crippen MR) is 43.0 cm³/mol. The molecule has 1 unspecified atom stereocenters. The molecule has 4 heteroatoms. The minimum atomic E-state index is -1.53. The summed E-state index contributed by atoms with van der Waals surface area (Å²) in [6.07, 6.45) is -1.53. The molecule has 2 atom stereocenters. The quantitative estimate of drug-likeness (QED) is 0.690. The third kappa shape index (κ3) is 3.33. The van der Waals surface area contributed by atoms with E-state index in [2.05, 4.69) is 5.32 Å². The summed E-state index contributed by atoms with van der Waals surface area (Å²) in [5, 5.41) is 10.6. The smallest absolute Gasteiger partial charge is 0.255 e. The highest BCUT2D eigenvalue weighted by molar-refractivity contribution is 5.81. The molecule has 0 aromatic rings. The zero-order valence-electron chi connectivity index (χ0n) is 7.47. The molecule has 68 valence electrons. The van der Waals surface area contributed by atoms with Crippen molar-refractivity contribution in [1.82, 2.24) is 5.32 Å². The highest BCUT2D eigenvalue weighted by Gasteiger charge is 2.21. The molecule has 0 heterocycles. The lowest BCUT2D eigenvalue weighted by Crippen LogP contribution is -2.39. The highest BCUT2D eigenvalue weighted by Crippen LogP contribution is 2.05. The van der Waals surface area contributed by atoms with E-state index in [1.807, 2.05) is 0 Å². The average molecular weight is 172 g/mol. The molecule has 0 spiro atoms. The number of amides is 1. The van der Waals surface area contributed by atoms with Crippen molar-refractivity contribution in [2.75, 3.05) is 0 Å². The maximum atomic E-state index is 12.9. The maximum Gasteiger partial charge on any atom is 0.255 e. The second-order valence-electron chi connectivity index (χ2n) is 3.01. The second kappa shape index (κ2) is 4.70. The average Bonchev–Trinajstić information content (AvgIpc) is 2.02. The molecule has 0 aromatic heterocycles. The molecule has 0 aliphatic rings. The molecule has 1 amide bonds. The zero-order valence-corrected chi connectivity index (χ0v) is 7.47. The Labute approximate surface area is 71.6 Å². The first-order valence-electron chi connectivity index (χ1n) is 3.83. The van der Waals surface area contributed by atoms with Gasteiger partial charge in [0.25, 0.3) is 5.91 Å². The van der Waals surface area contributed by atoms with Crippen LogP contribution in [0.3, 0.4) is 0 Å². The summed E-state index contributed by atoms with van der Waals surface area (Å²) in [7, 11) is 0. The van der Waals surface area contributed by atoms with Crippen LogP contribution in [0.15, 0.2) is 0 Å². The summed E-state index contributed by atoms with van der Waals surface area (Å²) < 4.78 is 12.9. The topological polar surface area (TPSA) is 52.9 Å². The van der Waals surface area contributed by atoms with Gasteiger partial charge in [-0.05, 0) is 12.8 Å². The number of nitrogens with one attached hydrogen (secondary N) is 1. The van der Waals surface area contributed by atoms with Crippen LogP contribution < -0.4 is 5.32 Å². The van der Waals surface area contributed by atoms with Gasteiger partial charge in [0.05, 0.1) is 6.07 Å². The number of hydrogen-bond donors (Lipinski definition) is 1. The van der Waals surface area contributed by atoms with Gasteiger partial charge in [0.2, 0.25) is 0 Å². The highest BCUT2D eigenvalue weighted by atomic mass is 19.1. The van der Waals surface area contributed by atoms with Crippen molar-refractivity contribution in [3.63, 3.8) is 0 Å². The lowest BCUT2D eigenvalue weighted by Gasteiger charge is -2.12. The molecule has 3 nitrogen and oxygen atoms in total. The molecule has 0 rings (SSSR count). The molecule has 0 aliphatic heterocycles. The van der Waals surface area contributed by atoms with Gasteiger partial charge in [-0.3, -0.25) is 4.79 Å². The monoisotopic (exact) mass is 172 g/mol. The van der Waals surface area contributed by atoms with E-state index in [-0.39, 0.29) is 5.92 Å². The maximum absolute atomic E-state index is 12.9. The third-order valence-electron chi connectivity index (χ3n) is 1.39. The lowest BCUT2D eigenvalue weighted by atomic mass is 10.1. The van der Waals surface area contributed by atoms with Gasteiger partial charge in [0.1, 0.15) is 6.04 Å². The van der Waals surface area contributed by atoms with Gasteiger partial charge >= 0.3 is 0 Å².